The summed E-state index contributed by atoms with van der Waals surface area (Å²) in [4.78, 5) is 12.6. The van der Waals surface area contributed by atoms with Crippen LogP contribution in [0.25, 0.3) is 0 Å². The first-order valence-corrected chi connectivity index (χ1v) is 7.05. The van der Waals surface area contributed by atoms with Crippen molar-refractivity contribution in [2.45, 2.75) is 38.1 Å². The molecule has 1 aliphatic rings. The largest absolute Gasteiger partial charge is 0.351 e. The van der Waals surface area contributed by atoms with Crippen LogP contribution in [0, 0.1) is 6.92 Å². The molecule has 20 heavy (non-hydrogen) atoms. The molecule has 104 valence electrons. The summed E-state index contributed by atoms with van der Waals surface area (Å²) in [6.45, 7) is 2.50. The van der Waals surface area contributed by atoms with Crippen LogP contribution in [0.2, 0.25) is 0 Å². The average Bonchev–Trinajstić information content (AvgIpc) is 2.82. The highest BCUT2D eigenvalue weighted by molar-refractivity contribution is 5.89. The second-order valence-corrected chi connectivity index (χ2v) is 5.50. The van der Waals surface area contributed by atoms with E-state index in [1.165, 1.54) is 0 Å². The number of benzene rings is 1. The van der Waals surface area contributed by atoms with Crippen LogP contribution in [0.5, 0.6) is 0 Å². The van der Waals surface area contributed by atoms with E-state index in [1.807, 2.05) is 25.1 Å². The fourth-order valence-electron chi connectivity index (χ4n) is 2.83. The number of carbonyl (C=O) groups excluding carboxylic acids is 1. The molecular formula is C16H19N3O. The second-order valence-electron chi connectivity index (χ2n) is 5.50. The third-order valence-corrected chi connectivity index (χ3v) is 4.34. The zero-order chi connectivity index (χ0) is 14.0. The van der Waals surface area contributed by atoms with E-state index in [2.05, 4.69) is 27.6 Å². The first-order chi connectivity index (χ1) is 9.72. The van der Waals surface area contributed by atoms with Crippen molar-refractivity contribution >= 4 is 5.91 Å². The molecule has 1 fully saturated rings. The van der Waals surface area contributed by atoms with E-state index in [0.29, 0.717) is 6.54 Å². The molecule has 0 radical (unpaired) electrons. The Morgan fingerprint density at radius 2 is 2.10 bits per heavy atom. The van der Waals surface area contributed by atoms with Crippen molar-refractivity contribution in [2.24, 2.45) is 0 Å². The van der Waals surface area contributed by atoms with Gasteiger partial charge in [0.25, 0.3) is 0 Å². The molecule has 0 atom stereocenters. The van der Waals surface area contributed by atoms with Gasteiger partial charge in [0.05, 0.1) is 11.6 Å². The maximum absolute atomic E-state index is 12.6. The van der Waals surface area contributed by atoms with E-state index in [9.17, 15) is 4.79 Å². The molecule has 4 nitrogen and oxygen atoms in total. The zero-order valence-electron chi connectivity index (χ0n) is 11.6. The summed E-state index contributed by atoms with van der Waals surface area (Å²) in [6, 6.07) is 10.1. The zero-order valence-corrected chi connectivity index (χ0v) is 11.6. The van der Waals surface area contributed by atoms with Crippen LogP contribution in [0.15, 0.2) is 36.5 Å². The van der Waals surface area contributed by atoms with Crippen molar-refractivity contribution in [1.29, 1.82) is 0 Å². The maximum atomic E-state index is 12.6. The number of aryl methyl sites for hydroxylation is 1. The normalized spacial score (nSPS) is 16.4. The van der Waals surface area contributed by atoms with Gasteiger partial charge in [-0.2, -0.15) is 5.10 Å². The molecular weight excluding hydrogens is 250 g/mol. The molecule has 1 saturated carbocycles. The predicted molar refractivity (Wildman–Crippen MR) is 77.1 cm³/mol. The van der Waals surface area contributed by atoms with Crippen molar-refractivity contribution in [1.82, 2.24) is 15.5 Å². The molecule has 0 spiro atoms. The lowest BCUT2D eigenvalue weighted by atomic mass is 9.64. The van der Waals surface area contributed by atoms with Gasteiger partial charge in [0.15, 0.2) is 0 Å². The number of carbonyl (C=O) groups is 1. The molecule has 1 aliphatic carbocycles. The summed E-state index contributed by atoms with van der Waals surface area (Å²) in [7, 11) is 0. The number of H-pyrrole nitrogens is 1. The van der Waals surface area contributed by atoms with Crippen LogP contribution in [0.3, 0.4) is 0 Å². The van der Waals surface area contributed by atoms with E-state index in [4.69, 9.17) is 0 Å². The summed E-state index contributed by atoms with van der Waals surface area (Å²) in [5.41, 5.74) is 2.86. The Labute approximate surface area is 118 Å². The van der Waals surface area contributed by atoms with Crippen molar-refractivity contribution in [3.63, 3.8) is 0 Å². The Hall–Kier alpha value is -2.10. The second kappa shape index (κ2) is 5.12. The third-order valence-electron chi connectivity index (χ3n) is 4.34. The van der Waals surface area contributed by atoms with E-state index < -0.39 is 0 Å². The summed E-state index contributed by atoms with van der Waals surface area (Å²) in [5, 5.41) is 9.94. The smallest absolute Gasteiger partial charge is 0.230 e. The lowest BCUT2D eigenvalue weighted by molar-refractivity contribution is -0.130. The molecule has 1 aromatic heterocycles. The number of amides is 1. The number of hydrogen-bond acceptors (Lipinski definition) is 2. The van der Waals surface area contributed by atoms with Gasteiger partial charge < -0.3 is 5.32 Å². The fraction of sp³-hybridized carbons (Fsp3) is 0.375. The minimum atomic E-state index is -0.321. The van der Waals surface area contributed by atoms with Crippen LogP contribution in [-0.2, 0) is 16.8 Å². The Kier molecular flexibility index (Phi) is 3.30. The van der Waals surface area contributed by atoms with Gasteiger partial charge in [0.2, 0.25) is 5.91 Å². The molecule has 0 bridgehead atoms. The highest BCUT2D eigenvalue weighted by Crippen LogP contribution is 2.43. The Balaban J connectivity index is 1.74. The molecule has 0 aliphatic heterocycles. The molecule has 4 heteroatoms. The van der Waals surface area contributed by atoms with Crippen molar-refractivity contribution in [2.75, 3.05) is 0 Å². The number of rotatable bonds is 4. The maximum Gasteiger partial charge on any atom is 0.230 e. The predicted octanol–water partition coefficient (Wildman–Crippen LogP) is 2.46. The molecule has 2 aromatic rings. The minimum Gasteiger partial charge on any atom is -0.351 e. The van der Waals surface area contributed by atoms with E-state index in [1.54, 1.807) is 6.20 Å². The first-order valence-electron chi connectivity index (χ1n) is 7.05. The highest BCUT2D eigenvalue weighted by Gasteiger charge is 2.45. The lowest BCUT2D eigenvalue weighted by Crippen LogP contribution is -2.49. The Morgan fingerprint density at radius 3 is 2.65 bits per heavy atom. The van der Waals surface area contributed by atoms with Crippen LogP contribution in [0.4, 0.5) is 0 Å². The Bertz CT molecular complexity index is 599. The molecule has 2 N–H and O–H groups in total. The fourth-order valence-corrected chi connectivity index (χ4v) is 2.83. The Morgan fingerprint density at radius 1 is 1.35 bits per heavy atom. The quantitative estimate of drug-likeness (QED) is 0.895. The highest BCUT2D eigenvalue weighted by atomic mass is 16.2. The average molecular weight is 269 g/mol. The standard InChI is InChI=1S/C16H19N3O/c1-12-13(11-18-19-12)10-17-15(20)16(8-5-9-16)14-6-3-2-4-7-14/h2-4,6-7,11H,5,8-10H2,1H3,(H,17,20)(H,18,19). The van der Waals surface area contributed by atoms with E-state index in [-0.39, 0.29) is 11.3 Å². The van der Waals surface area contributed by atoms with Gasteiger partial charge >= 0.3 is 0 Å². The molecule has 1 aromatic carbocycles. The number of aromatic amines is 1. The SMILES string of the molecule is Cc1[nH]ncc1CNC(=O)C1(c2ccccc2)CCC1. The number of nitrogens with one attached hydrogen (secondary N) is 2. The topological polar surface area (TPSA) is 57.8 Å². The molecule has 0 unspecified atom stereocenters. The third kappa shape index (κ3) is 2.11. The molecule has 1 amide bonds. The van der Waals surface area contributed by atoms with E-state index in [0.717, 1.165) is 36.1 Å². The number of hydrogen-bond donors (Lipinski definition) is 2. The van der Waals surface area contributed by atoms with Gasteiger partial charge in [0.1, 0.15) is 0 Å². The van der Waals surface area contributed by atoms with Gasteiger partial charge in [-0.25, -0.2) is 0 Å². The number of nitrogens with zero attached hydrogens (tertiary/aromatic N) is 1. The van der Waals surface area contributed by atoms with Gasteiger partial charge in [0, 0.05) is 17.8 Å². The first kappa shape index (κ1) is 12.9. The van der Waals surface area contributed by atoms with Crippen LogP contribution in [0.1, 0.15) is 36.1 Å². The van der Waals surface area contributed by atoms with Gasteiger partial charge in [-0.1, -0.05) is 36.8 Å². The minimum absolute atomic E-state index is 0.135. The lowest BCUT2D eigenvalue weighted by Gasteiger charge is -2.40. The van der Waals surface area contributed by atoms with Crippen molar-refractivity contribution in [3.8, 4) is 0 Å². The monoisotopic (exact) mass is 269 g/mol. The van der Waals surface area contributed by atoms with E-state index >= 15 is 0 Å². The van der Waals surface area contributed by atoms with Crippen LogP contribution in [-0.4, -0.2) is 16.1 Å². The van der Waals surface area contributed by atoms with Crippen LogP contribution >= 0.6 is 0 Å². The summed E-state index contributed by atoms with van der Waals surface area (Å²) >= 11 is 0. The van der Waals surface area contributed by atoms with Crippen LogP contribution < -0.4 is 5.32 Å². The summed E-state index contributed by atoms with van der Waals surface area (Å²) in [5.74, 6) is 0.135. The van der Waals surface area contributed by atoms with Crippen molar-refractivity contribution in [3.05, 3.63) is 53.3 Å². The summed E-state index contributed by atoms with van der Waals surface area (Å²) in [6.07, 6.45) is 4.76. The van der Waals surface area contributed by atoms with Gasteiger partial charge in [-0.3, -0.25) is 9.89 Å². The number of aromatic nitrogens is 2. The molecule has 0 saturated heterocycles. The van der Waals surface area contributed by atoms with Gasteiger partial charge in [-0.15, -0.1) is 0 Å². The van der Waals surface area contributed by atoms with Gasteiger partial charge in [-0.05, 0) is 25.3 Å². The van der Waals surface area contributed by atoms with Crippen molar-refractivity contribution < 1.29 is 4.79 Å². The molecule has 3 rings (SSSR count). The summed E-state index contributed by atoms with van der Waals surface area (Å²) < 4.78 is 0. The molecule has 1 heterocycles.